The molecule has 1 aliphatic heterocycles. The molecule has 0 radical (unpaired) electrons. The molecule has 3 rings (SSSR count). The van der Waals surface area contributed by atoms with E-state index in [9.17, 15) is 19.7 Å². The zero-order valence-electron chi connectivity index (χ0n) is 10.3. The van der Waals surface area contributed by atoms with Crippen molar-refractivity contribution >= 4 is 28.3 Å². The molecular weight excluding hydrogens is 264 g/mol. The van der Waals surface area contributed by atoms with E-state index in [0.29, 0.717) is 10.4 Å². The van der Waals surface area contributed by atoms with E-state index in [1.807, 2.05) is 0 Å². The first-order chi connectivity index (χ1) is 9.56. The number of carbonyl (C=O) groups excluding carboxylic acids is 2. The monoisotopic (exact) mass is 272 g/mol. The van der Waals surface area contributed by atoms with Crippen LogP contribution in [-0.4, -0.2) is 28.9 Å². The van der Waals surface area contributed by atoms with Gasteiger partial charge in [0.1, 0.15) is 0 Å². The molecule has 7 nitrogen and oxygen atoms in total. The van der Waals surface area contributed by atoms with Crippen LogP contribution in [0.2, 0.25) is 0 Å². The van der Waals surface area contributed by atoms with E-state index in [-0.39, 0.29) is 22.2 Å². The molecule has 20 heavy (non-hydrogen) atoms. The molecule has 2 aromatic rings. The van der Waals surface area contributed by atoms with Gasteiger partial charge in [-0.2, -0.15) is 0 Å². The minimum atomic E-state index is -0.629. The van der Waals surface area contributed by atoms with Crippen molar-refractivity contribution < 1.29 is 19.3 Å². The van der Waals surface area contributed by atoms with Crippen LogP contribution >= 0.6 is 0 Å². The first-order valence-electron chi connectivity index (χ1n) is 5.69. The number of benzene rings is 2. The summed E-state index contributed by atoms with van der Waals surface area (Å²) in [7, 11) is 1.21. The Balaban J connectivity index is 2.44. The summed E-state index contributed by atoms with van der Waals surface area (Å²) in [6.07, 6.45) is 0. The predicted octanol–water partition coefficient (Wildman–Crippen LogP) is 1.91. The largest absolute Gasteiger partial charge is 0.285 e. The van der Waals surface area contributed by atoms with E-state index in [4.69, 9.17) is 4.84 Å². The Hall–Kier alpha value is -2.80. The van der Waals surface area contributed by atoms with Crippen LogP contribution in [0.25, 0.3) is 10.8 Å². The molecule has 2 amide bonds. The number of nitrogens with zero attached hydrogens (tertiary/aromatic N) is 2. The molecule has 1 heterocycles. The molecule has 0 spiro atoms. The average Bonchev–Trinajstić information content (AvgIpc) is 2.44. The number of carbonyl (C=O) groups is 2. The lowest BCUT2D eigenvalue weighted by Gasteiger charge is -2.24. The van der Waals surface area contributed by atoms with E-state index in [1.165, 1.54) is 37.4 Å². The summed E-state index contributed by atoms with van der Waals surface area (Å²) in [5.41, 5.74) is 0.280. The van der Waals surface area contributed by atoms with E-state index in [2.05, 4.69) is 0 Å². The molecule has 100 valence electrons. The number of imide groups is 1. The van der Waals surface area contributed by atoms with Crippen molar-refractivity contribution in [1.82, 2.24) is 5.06 Å². The zero-order valence-corrected chi connectivity index (χ0v) is 10.3. The van der Waals surface area contributed by atoms with Gasteiger partial charge in [-0.1, -0.05) is 6.07 Å². The number of hydroxylamine groups is 2. The molecule has 0 fully saturated rings. The lowest BCUT2D eigenvalue weighted by molar-refractivity contribution is -0.383. The van der Waals surface area contributed by atoms with Crippen LogP contribution < -0.4 is 0 Å². The molecule has 0 unspecified atom stereocenters. The minimum Gasteiger partial charge on any atom is -0.266 e. The van der Waals surface area contributed by atoms with Crippen molar-refractivity contribution in [3.05, 3.63) is 51.6 Å². The highest BCUT2D eigenvalue weighted by Crippen LogP contribution is 2.35. The van der Waals surface area contributed by atoms with Crippen molar-refractivity contribution in [2.75, 3.05) is 7.11 Å². The number of hydrogen-bond acceptors (Lipinski definition) is 5. The maximum absolute atomic E-state index is 12.1. The predicted molar refractivity (Wildman–Crippen MR) is 68.1 cm³/mol. The molecule has 0 saturated heterocycles. The van der Waals surface area contributed by atoms with Crippen LogP contribution in [0.5, 0.6) is 0 Å². The number of hydrogen-bond donors (Lipinski definition) is 0. The summed E-state index contributed by atoms with van der Waals surface area (Å²) < 4.78 is 0. The first-order valence-corrected chi connectivity index (χ1v) is 5.69. The van der Waals surface area contributed by atoms with Gasteiger partial charge < -0.3 is 0 Å². The third kappa shape index (κ3) is 1.44. The third-order valence-corrected chi connectivity index (χ3v) is 3.23. The molecule has 0 N–H and O–H groups in total. The van der Waals surface area contributed by atoms with Gasteiger partial charge in [0.05, 0.1) is 28.5 Å². The maximum atomic E-state index is 12.1. The van der Waals surface area contributed by atoms with Gasteiger partial charge in [-0.3, -0.25) is 24.5 Å². The Bertz CT molecular complexity index is 761. The number of nitro groups is 1. The fourth-order valence-electron chi connectivity index (χ4n) is 2.38. The normalized spacial score (nSPS) is 13.9. The second kappa shape index (κ2) is 4.10. The van der Waals surface area contributed by atoms with Crippen LogP contribution in [0.1, 0.15) is 20.7 Å². The number of amides is 2. The minimum absolute atomic E-state index is 0.142. The average molecular weight is 272 g/mol. The zero-order chi connectivity index (χ0) is 14.4. The van der Waals surface area contributed by atoms with Crippen LogP contribution in [0.3, 0.4) is 0 Å². The summed E-state index contributed by atoms with van der Waals surface area (Å²) in [6.45, 7) is 0. The van der Waals surface area contributed by atoms with Crippen LogP contribution in [-0.2, 0) is 4.84 Å². The van der Waals surface area contributed by atoms with Gasteiger partial charge in [0.2, 0.25) is 0 Å². The molecule has 7 heteroatoms. The van der Waals surface area contributed by atoms with Crippen molar-refractivity contribution in [3.63, 3.8) is 0 Å². The number of nitro benzene ring substituents is 1. The fourth-order valence-corrected chi connectivity index (χ4v) is 2.38. The first kappa shape index (κ1) is 12.2. The molecule has 2 aromatic carbocycles. The molecule has 0 saturated carbocycles. The third-order valence-electron chi connectivity index (χ3n) is 3.23. The second-order valence-corrected chi connectivity index (χ2v) is 4.20. The topological polar surface area (TPSA) is 89.8 Å². The van der Waals surface area contributed by atoms with Crippen LogP contribution in [0.4, 0.5) is 5.69 Å². The molecule has 1 aliphatic rings. The Morgan fingerprint density at radius 1 is 1.10 bits per heavy atom. The van der Waals surface area contributed by atoms with Crippen molar-refractivity contribution in [3.8, 4) is 0 Å². The smallest absolute Gasteiger partial charge is 0.266 e. The number of non-ortho nitro benzene ring substituents is 1. The molecular formula is C13H8N2O5. The van der Waals surface area contributed by atoms with Crippen molar-refractivity contribution in [2.45, 2.75) is 0 Å². The van der Waals surface area contributed by atoms with Gasteiger partial charge in [-0.15, -0.1) is 5.06 Å². The number of rotatable bonds is 2. The van der Waals surface area contributed by atoms with E-state index in [1.54, 1.807) is 0 Å². The van der Waals surface area contributed by atoms with Crippen LogP contribution in [0.15, 0.2) is 30.3 Å². The summed E-state index contributed by atoms with van der Waals surface area (Å²) >= 11 is 0. The lowest BCUT2D eigenvalue weighted by Crippen LogP contribution is -2.39. The summed E-state index contributed by atoms with van der Waals surface area (Å²) in [5, 5.41) is 12.2. The fraction of sp³-hybridized carbons (Fsp3) is 0.0769. The van der Waals surface area contributed by atoms with E-state index < -0.39 is 16.7 Å². The lowest BCUT2D eigenvalue weighted by atomic mass is 9.94. The molecule has 0 aromatic heterocycles. The Kier molecular flexibility index (Phi) is 2.51. The van der Waals surface area contributed by atoms with Gasteiger partial charge >= 0.3 is 0 Å². The molecule has 0 aliphatic carbocycles. The second-order valence-electron chi connectivity index (χ2n) is 4.20. The van der Waals surface area contributed by atoms with Crippen LogP contribution in [0, 0.1) is 10.1 Å². The Morgan fingerprint density at radius 3 is 2.35 bits per heavy atom. The van der Waals surface area contributed by atoms with Gasteiger partial charge in [0.25, 0.3) is 17.5 Å². The van der Waals surface area contributed by atoms with E-state index >= 15 is 0 Å². The van der Waals surface area contributed by atoms with Crippen molar-refractivity contribution in [1.29, 1.82) is 0 Å². The van der Waals surface area contributed by atoms with Gasteiger partial charge in [-0.25, -0.2) is 0 Å². The van der Waals surface area contributed by atoms with Gasteiger partial charge in [0.15, 0.2) is 0 Å². The Labute approximate surface area is 112 Å². The summed E-state index contributed by atoms with van der Waals surface area (Å²) in [4.78, 5) is 39.5. The van der Waals surface area contributed by atoms with Crippen molar-refractivity contribution in [2.24, 2.45) is 0 Å². The van der Waals surface area contributed by atoms with Gasteiger partial charge in [0, 0.05) is 11.5 Å². The standard InChI is InChI=1S/C13H8N2O5/c1-20-14-12(16)8-4-2-3-7-10(15(18)19)6-5-9(11(7)8)13(14)17/h2-6H,1H3. The maximum Gasteiger partial charge on any atom is 0.285 e. The quantitative estimate of drug-likeness (QED) is 0.473. The highest BCUT2D eigenvalue weighted by atomic mass is 16.7. The van der Waals surface area contributed by atoms with Gasteiger partial charge in [-0.05, 0) is 18.2 Å². The molecule has 0 atom stereocenters. The Morgan fingerprint density at radius 2 is 1.75 bits per heavy atom. The SMILES string of the molecule is CON1C(=O)c2cccc3c([N+](=O)[O-])ccc(c23)C1=O. The summed E-state index contributed by atoms with van der Waals surface area (Å²) in [5.74, 6) is -1.26. The van der Waals surface area contributed by atoms with E-state index in [0.717, 1.165) is 0 Å². The summed E-state index contributed by atoms with van der Waals surface area (Å²) in [6, 6.07) is 7.16. The highest BCUT2D eigenvalue weighted by Gasteiger charge is 2.35. The molecule has 0 bridgehead atoms. The highest BCUT2D eigenvalue weighted by molar-refractivity contribution is 6.25.